The number of nitrogens with two attached hydrogens (primary N) is 1. The van der Waals surface area contributed by atoms with Gasteiger partial charge >= 0.3 is 0 Å². The minimum Gasteiger partial charge on any atom is -0.356 e. The van der Waals surface area contributed by atoms with Gasteiger partial charge in [-0.2, -0.15) is 0 Å². The molecule has 2 atom stereocenters. The van der Waals surface area contributed by atoms with Gasteiger partial charge in [0.2, 0.25) is 0 Å². The summed E-state index contributed by atoms with van der Waals surface area (Å²) in [6.07, 6.45) is 7.09. The fourth-order valence-corrected chi connectivity index (χ4v) is 3.25. The molecule has 0 bridgehead atoms. The molecule has 0 amide bonds. The monoisotopic (exact) mass is 272 g/mol. The van der Waals surface area contributed by atoms with Crippen LogP contribution in [0.15, 0.2) is 0 Å². The first kappa shape index (κ1) is 16.9. The Hall–Kier alpha value is -0.160. The summed E-state index contributed by atoms with van der Waals surface area (Å²) in [5.41, 5.74) is 6.07. The molecule has 0 aromatic rings. The van der Waals surface area contributed by atoms with Gasteiger partial charge < -0.3 is 15.2 Å². The second-order valence-electron chi connectivity index (χ2n) is 5.91. The smallest absolute Gasteiger partial charge is 0.158 e. The molecule has 1 rings (SSSR count). The minimum atomic E-state index is -0.172. The Morgan fingerprint density at radius 1 is 1.26 bits per heavy atom. The lowest BCUT2D eigenvalue weighted by molar-refractivity contribution is -0.132. The van der Waals surface area contributed by atoms with Gasteiger partial charge in [0, 0.05) is 38.8 Å². The molecule has 0 saturated carbocycles. The van der Waals surface area contributed by atoms with Gasteiger partial charge in [-0.25, -0.2) is 0 Å². The predicted octanol–water partition coefficient (Wildman–Crippen LogP) is 2.37. The third-order valence-electron chi connectivity index (χ3n) is 4.61. The van der Waals surface area contributed by atoms with Gasteiger partial charge in [0.25, 0.3) is 0 Å². The largest absolute Gasteiger partial charge is 0.356 e. The molecule has 0 aromatic heterocycles. The van der Waals surface area contributed by atoms with E-state index in [9.17, 15) is 0 Å². The molecule has 4 heteroatoms. The van der Waals surface area contributed by atoms with Crippen LogP contribution in [0.4, 0.5) is 0 Å². The van der Waals surface area contributed by atoms with E-state index in [1.54, 1.807) is 14.2 Å². The first-order valence-electron chi connectivity index (χ1n) is 7.63. The van der Waals surface area contributed by atoms with E-state index in [2.05, 4.69) is 18.7 Å². The third-order valence-corrected chi connectivity index (χ3v) is 4.61. The Morgan fingerprint density at radius 2 is 1.95 bits per heavy atom. The zero-order valence-electron chi connectivity index (χ0n) is 13.2. The van der Waals surface area contributed by atoms with Gasteiger partial charge in [0.15, 0.2) is 6.29 Å². The van der Waals surface area contributed by atoms with Gasteiger partial charge in [-0.1, -0.05) is 19.8 Å². The summed E-state index contributed by atoms with van der Waals surface area (Å²) in [4.78, 5) is 2.62. The van der Waals surface area contributed by atoms with Crippen molar-refractivity contribution in [2.45, 2.75) is 70.2 Å². The number of methoxy groups -OCH3 is 2. The molecule has 0 aromatic carbocycles. The quantitative estimate of drug-likeness (QED) is 0.723. The maximum absolute atomic E-state index is 6.11. The van der Waals surface area contributed by atoms with Gasteiger partial charge in [0.1, 0.15) is 0 Å². The molecule has 1 saturated heterocycles. The lowest BCUT2D eigenvalue weighted by atomic mass is 9.91. The van der Waals surface area contributed by atoms with Gasteiger partial charge in [0.05, 0.1) is 0 Å². The fraction of sp³-hybridized carbons (Fsp3) is 1.00. The fourth-order valence-electron chi connectivity index (χ4n) is 3.25. The average molecular weight is 272 g/mol. The maximum atomic E-state index is 6.11. The molecule has 114 valence electrons. The van der Waals surface area contributed by atoms with Crippen LogP contribution < -0.4 is 5.73 Å². The first-order chi connectivity index (χ1) is 9.11. The number of likely N-dealkylation sites (tertiary alicyclic amines) is 1. The molecule has 2 unspecified atom stereocenters. The Labute approximate surface area is 118 Å². The number of nitrogens with zero attached hydrogens (tertiary/aromatic N) is 1. The molecule has 1 heterocycles. The highest BCUT2D eigenvalue weighted by Crippen LogP contribution is 2.30. The van der Waals surface area contributed by atoms with Crippen LogP contribution in [0.5, 0.6) is 0 Å². The van der Waals surface area contributed by atoms with E-state index in [4.69, 9.17) is 15.2 Å². The van der Waals surface area contributed by atoms with Crippen molar-refractivity contribution in [1.29, 1.82) is 0 Å². The number of hydrogen-bond acceptors (Lipinski definition) is 4. The highest BCUT2D eigenvalue weighted by atomic mass is 16.7. The van der Waals surface area contributed by atoms with Crippen LogP contribution in [-0.2, 0) is 9.47 Å². The van der Waals surface area contributed by atoms with Crippen LogP contribution in [0.1, 0.15) is 52.4 Å². The minimum absolute atomic E-state index is 0.0400. The summed E-state index contributed by atoms with van der Waals surface area (Å²) >= 11 is 0. The van der Waals surface area contributed by atoms with Crippen molar-refractivity contribution in [1.82, 2.24) is 4.90 Å². The standard InChI is InChI=1S/C15H32N2O2/c1-5-13-9-7-6-8-10-17(13)15(2,12-16)11-14(18-3)19-4/h13-14H,5-12,16H2,1-4H3. The summed E-state index contributed by atoms with van der Waals surface area (Å²) < 4.78 is 10.8. The molecular formula is C15H32N2O2. The van der Waals surface area contributed by atoms with E-state index in [0.717, 1.165) is 13.0 Å². The predicted molar refractivity (Wildman–Crippen MR) is 79.1 cm³/mol. The van der Waals surface area contributed by atoms with E-state index in [1.165, 1.54) is 32.1 Å². The summed E-state index contributed by atoms with van der Waals surface area (Å²) in [5.74, 6) is 0. The Morgan fingerprint density at radius 3 is 2.47 bits per heavy atom. The summed E-state index contributed by atoms with van der Waals surface area (Å²) in [5, 5.41) is 0. The topological polar surface area (TPSA) is 47.7 Å². The summed E-state index contributed by atoms with van der Waals surface area (Å²) in [7, 11) is 3.40. The highest BCUT2D eigenvalue weighted by Gasteiger charge is 2.37. The Bertz CT molecular complexity index is 246. The summed E-state index contributed by atoms with van der Waals surface area (Å²) in [6.45, 7) is 6.33. The van der Waals surface area contributed by atoms with Crippen molar-refractivity contribution >= 4 is 0 Å². The van der Waals surface area contributed by atoms with Crippen molar-refractivity contribution < 1.29 is 9.47 Å². The van der Waals surface area contributed by atoms with Crippen LogP contribution in [0, 0.1) is 0 Å². The van der Waals surface area contributed by atoms with Crippen molar-refractivity contribution in [3.63, 3.8) is 0 Å². The maximum Gasteiger partial charge on any atom is 0.158 e. The first-order valence-corrected chi connectivity index (χ1v) is 7.63. The van der Waals surface area contributed by atoms with E-state index in [-0.39, 0.29) is 11.8 Å². The molecule has 0 spiro atoms. The number of hydrogen-bond donors (Lipinski definition) is 1. The third kappa shape index (κ3) is 4.42. The van der Waals surface area contributed by atoms with Crippen molar-refractivity contribution in [2.75, 3.05) is 27.3 Å². The molecule has 2 N–H and O–H groups in total. The van der Waals surface area contributed by atoms with Crippen LogP contribution in [0.3, 0.4) is 0 Å². The molecule has 0 aliphatic carbocycles. The van der Waals surface area contributed by atoms with E-state index >= 15 is 0 Å². The molecular weight excluding hydrogens is 240 g/mol. The molecule has 19 heavy (non-hydrogen) atoms. The van der Waals surface area contributed by atoms with Crippen molar-refractivity contribution in [3.05, 3.63) is 0 Å². The van der Waals surface area contributed by atoms with Crippen molar-refractivity contribution in [3.8, 4) is 0 Å². The molecule has 0 radical (unpaired) electrons. The van der Waals surface area contributed by atoms with Crippen LogP contribution in [-0.4, -0.2) is 50.1 Å². The summed E-state index contributed by atoms with van der Waals surface area (Å²) in [6, 6.07) is 0.644. The number of rotatable bonds is 7. The van der Waals surface area contributed by atoms with E-state index in [0.29, 0.717) is 12.6 Å². The van der Waals surface area contributed by atoms with Gasteiger partial charge in [-0.05, 0) is 32.7 Å². The highest BCUT2D eigenvalue weighted by molar-refractivity contribution is 4.93. The van der Waals surface area contributed by atoms with Crippen molar-refractivity contribution in [2.24, 2.45) is 5.73 Å². The molecule has 1 aliphatic rings. The molecule has 1 fully saturated rings. The molecule has 4 nitrogen and oxygen atoms in total. The Balaban J connectivity index is 2.83. The van der Waals surface area contributed by atoms with Crippen LogP contribution >= 0.6 is 0 Å². The van der Waals surface area contributed by atoms with E-state index in [1.807, 2.05) is 0 Å². The van der Waals surface area contributed by atoms with Gasteiger partial charge in [-0.3, -0.25) is 4.90 Å². The Kier molecular flexibility index (Phi) is 7.29. The normalized spacial score (nSPS) is 25.3. The second kappa shape index (κ2) is 8.20. The zero-order chi connectivity index (χ0) is 14.3. The second-order valence-corrected chi connectivity index (χ2v) is 5.91. The molecule has 1 aliphatic heterocycles. The lowest BCUT2D eigenvalue weighted by Crippen LogP contribution is -2.57. The number of ether oxygens (including phenoxy) is 2. The SMILES string of the molecule is CCC1CCCCCN1C(C)(CN)CC(OC)OC. The lowest BCUT2D eigenvalue weighted by Gasteiger charge is -2.45. The van der Waals surface area contributed by atoms with Crippen LogP contribution in [0.25, 0.3) is 0 Å². The van der Waals surface area contributed by atoms with Gasteiger partial charge in [-0.15, -0.1) is 0 Å². The average Bonchev–Trinajstić information content (AvgIpc) is 2.70. The van der Waals surface area contributed by atoms with E-state index < -0.39 is 0 Å². The zero-order valence-corrected chi connectivity index (χ0v) is 13.2. The van der Waals surface area contributed by atoms with Crippen LogP contribution in [0.2, 0.25) is 0 Å².